The fourth-order valence-corrected chi connectivity index (χ4v) is 4.21. The van der Waals surface area contributed by atoms with Gasteiger partial charge in [-0.15, -0.1) is 11.6 Å². The van der Waals surface area contributed by atoms with Crippen molar-refractivity contribution >= 4 is 11.6 Å². The summed E-state index contributed by atoms with van der Waals surface area (Å²) in [7, 11) is 3.26. The Hall–Kier alpha value is -1.91. The third-order valence-electron chi connectivity index (χ3n) is 5.62. The number of aromatic hydroxyl groups is 1. The average molecular weight is 404 g/mol. The second-order valence-electron chi connectivity index (χ2n) is 7.41. The van der Waals surface area contributed by atoms with Gasteiger partial charge in [0.05, 0.1) is 14.2 Å². The minimum atomic E-state index is 0.310. The molecule has 0 radical (unpaired) electrons. The molecule has 2 aromatic carbocycles. The molecule has 4 nitrogen and oxygen atoms in total. The maximum Gasteiger partial charge on any atom is 0.161 e. The summed E-state index contributed by atoms with van der Waals surface area (Å²) in [6, 6.07) is 11.6. The third-order valence-corrected chi connectivity index (χ3v) is 5.89. The molecule has 1 N–H and O–H groups in total. The molecule has 28 heavy (non-hydrogen) atoms. The lowest BCUT2D eigenvalue weighted by molar-refractivity contribution is 0.184. The lowest BCUT2D eigenvalue weighted by atomic mass is 9.86. The van der Waals surface area contributed by atoms with E-state index < -0.39 is 0 Å². The van der Waals surface area contributed by atoms with Gasteiger partial charge in [-0.25, -0.2) is 0 Å². The molecule has 1 aliphatic rings. The van der Waals surface area contributed by atoms with E-state index in [0.717, 1.165) is 49.5 Å². The van der Waals surface area contributed by atoms with E-state index in [9.17, 15) is 5.11 Å². The molecule has 0 spiro atoms. The van der Waals surface area contributed by atoms with E-state index in [-0.39, 0.29) is 0 Å². The molecule has 0 aromatic heterocycles. The zero-order valence-corrected chi connectivity index (χ0v) is 17.5. The van der Waals surface area contributed by atoms with Crippen molar-refractivity contribution in [3.63, 3.8) is 0 Å². The first-order chi connectivity index (χ1) is 13.7. The number of benzene rings is 2. The summed E-state index contributed by atoms with van der Waals surface area (Å²) in [5, 5.41) is 10.6. The summed E-state index contributed by atoms with van der Waals surface area (Å²) in [5.74, 6) is 3.03. The van der Waals surface area contributed by atoms with Crippen LogP contribution in [0.25, 0.3) is 11.1 Å². The first kappa shape index (κ1) is 20.8. The quantitative estimate of drug-likeness (QED) is 0.632. The van der Waals surface area contributed by atoms with Crippen molar-refractivity contribution in [1.29, 1.82) is 0 Å². The lowest BCUT2D eigenvalue weighted by Gasteiger charge is -2.32. The van der Waals surface area contributed by atoms with E-state index in [1.165, 1.54) is 18.4 Å². The molecule has 5 heteroatoms. The first-order valence-corrected chi connectivity index (χ1v) is 10.5. The van der Waals surface area contributed by atoms with Crippen LogP contribution < -0.4 is 9.47 Å². The van der Waals surface area contributed by atoms with Gasteiger partial charge in [0.2, 0.25) is 0 Å². The van der Waals surface area contributed by atoms with Crippen LogP contribution in [0, 0.1) is 5.92 Å². The van der Waals surface area contributed by atoms with Crippen LogP contribution in [-0.2, 0) is 6.42 Å². The van der Waals surface area contributed by atoms with Gasteiger partial charge < -0.3 is 19.5 Å². The van der Waals surface area contributed by atoms with E-state index in [0.29, 0.717) is 23.2 Å². The molecule has 3 rings (SSSR count). The molecule has 1 aliphatic heterocycles. The van der Waals surface area contributed by atoms with Gasteiger partial charge >= 0.3 is 0 Å². The van der Waals surface area contributed by atoms with Gasteiger partial charge in [0.25, 0.3) is 0 Å². The molecular formula is C23H30ClNO3. The zero-order valence-electron chi connectivity index (χ0n) is 16.8. The summed E-state index contributed by atoms with van der Waals surface area (Å²) in [6.45, 7) is 3.36. The normalized spacial score (nSPS) is 15.5. The Bertz CT molecular complexity index is 772. The molecular weight excluding hydrogens is 374 g/mol. The number of phenols is 1. The number of ether oxygens (including phenoxy) is 2. The molecule has 0 saturated carbocycles. The number of nitrogens with zero attached hydrogens (tertiary/aromatic N) is 1. The van der Waals surface area contributed by atoms with Crippen LogP contribution in [-0.4, -0.2) is 49.7 Å². The van der Waals surface area contributed by atoms with Crippen molar-refractivity contribution in [1.82, 2.24) is 4.90 Å². The fourth-order valence-electron chi connectivity index (χ4n) is 4.09. The van der Waals surface area contributed by atoms with E-state index in [1.54, 1.807) is 20.3 Å². The molecule has 0 bridgehead atoms. The smallest absolute Gasteiger partial charge is 0.161 e. The highest BCUT2D eigenvalue weighted by molar-refractivity contribution is 6.17. The monoisotopic (exact) mass is 403 g/mol. The summed E-state index contributed by atoms with van der Waals surface area (Å²) >= 11 is 5.82. The minimum absolute atomic E-state index is 0.310. The van der Waals surface area contributed by atoms with Gasteiger partial charge in [0.1, 0.15) is 5.75 Å². The van der Waals surface area contributed by atoms with Crippen LogP contribution in [0.2, 0.25) is 0 Å². The molecule has 1 saturated heterocycles. The van der Waals surface area contributed by atoms with Crippen LogP contribution in [0.5, 0.6) is 17.2 Å². The van der Waals surface area contributed by atoms with Gasteiger partial charge in [-0.2, -0.15) is 0 Å². The number of hydrogen-bond donors (Lipinski definition) is 1. The number of rotatable bonds is 8. The topological polar surface area (TPSA) is 41.9 Å². The number of hydrogen-bond acceptors (Lipinski definition) is 4. The third kappa shape index (κ3) is 4.92. The molecule has 1 heterocycles. The first-order valence-electron chi connectivity index (χ1n) is 9.97. The van der Waals surface area contributed by atoms with E-state index >= 15 is 0 Å². The SMILES string of the molecule is COc1ccc(-c2c(O)cccc2CC2CCN(CCCCl)CC2)cc1OC. The van der Waals surface area contributed by atoms with Crippen LogP contribution in [0.4, 0.5) is 0 Å². The highest BCUT2D eigenvalue weighted by Crippen LogP contribution is 2.39. The Kier molecular flexibility index (Phi) is 7.46. The Labute approximate surface area is 173 Å². The predicted octanol–water partition coefficient (Wildman–Crippen LogP) is 4.96. The van der Waals surface area contributed by atoms with Gasteiger partial charge in [0.15, 0.2) is 11.5 Å². The van der Waals surface area contributed by atoms with Crippen LogP contribution in [0.3, 0.4) is 0 Å². The van der Waals surface area contributed by atoms with Crippen molar-refractivity contribution in [2.24, 2.45) is 5.92 Å². The molecule has 0 atom stereocenters. The second kappa shape index (κ2) is 10.0. The number of methoxy groups -OCH3 is 2. The minimum Gasteiger partial charge on any atom is -0.507 e. The Balaban J connectivity index is 1.78. The van der Waals surface area contributed by atoms with Crippen LogP contribution in [0.1, 0.15) is 24.8 Å². The molecule has 0 aliphatic carbocycles. The van der Waals surface area contributed by atoms with Crippen LogP contribution in [0.15, 0.2) is 36.4 Å². The van der Waals surface area contributed by atoms with Crippen molar-refractivity contribution in [3.05, 3.63) is 42.0 Å². The van der Waals surface area contributed by atoms with Gasteiger partial charge in [-0.05, 0) is 80.6 Å². The maximum atomic E-state index is 10.6. The Morgan fingerprint density at radius 1 is 1.07 bits per heavy atom. The summed E-state index contributed by atoms with van der Waals surface area (Å²) < 4.78 is 10.8. The van der Waals surface area contributed by atoms with Crippen molar-refractivity contribution < 1.29 is 14.6 Å². The predicted molar refractivity (Wildman–Crippen MR) is 115 cm³/mol. The number of halogens is 1. The zero-order chi connectivity index (χ0) is 19.9. The fraction of sp³-hybridized carbons (Fsp3) is 0.478. The summed E-state index contributed by atoms with van der Waals surface area (Å²) in [4.78, 5) is 2.51. The van der Waals surface area contributed by atoms with Crippen molar-refractivity contribution in [3.8, 4) is 28.4 Å². The highest BCUT2D eigenvalue weighted by Gasteiger charge is 2.21. The van der Waals surface area contributed by atoms with Crippen LogP contribution >= 0.6 is 11.6 Å². The Morgan fingerprint density at radius 2 is 1.82 bits per heavy atom. The second-order valence-corrected chi connectivity index (χ2v) is 7.79. The average Bonchev–Trinajstić information content (AvgIpc) is 2.73. The molecule has 0 amide bonds. The number of piperidine rings is 1. The highest BCUT2D eigenvalue weighted by atomic mass is 35.5. The standard InChI is InChI=1S/C23H30ClNO3/c1-27-21-8-7-19(16-22(21)28-2)23-18(5-3-6-20(23)26)15-17-9-13-25(14-10-17)12-4-11-24/h3,5-8,16-17,26H,4,9-15H2,1-2H3. The summed E-state index contributed by atoms with van der Waals surface area (Å²) in [6.07, 6.45) is 4.40. The summed E-state index contributed by atoms with van der Waals surface area (Å²) in [5.41, 5.74) is 3.03. The van der Waals surface area contributed by atoms with Crippen molar-refractivity contribution in [2.45, 2.75) is 25.7 Å². The Morgan fingerprint density at radius 3 is 2.50 bits per heavy atom. The van der Waals surface area contributed by atoms with Gasteiger partial charge in [-0.3, -0.25) is 0 Å². The van der Waals surface area contributed by atoms with Gasteiger partial charge in [-0.1, -0.05) is 18.2 Å². The molecule has 152 valence electrons. The van der Waals surface area contributed by atoms with E-state index in [4.69, 9.17) is 21.1 Å². The molecule has 2 aromatic rings. The number of alkyl halides is 1. The number of likely N-dealkylation sites (tertiary alicyclic amines) is 1. The van der Waals surface area contributed by atoms with Gasteiger partial charge in [0, 0.05) is 11.4 Å². The molecule has 0 unspecified atom stereocenters. The van der Waals surface area contributed by atoms with E-state index in [1.807, 2.05) is 24.3 Å². The number of phenolic OH excluding ortho intramolecular Hbond substituents is 1. The maximum absolute atomic E-state index is 10.6. The van der Waals surface area contributed by atoms with Crippen molar-refractivity contribution in [2.75, 3.05) is 39.7 Å². The largest absolute Gasteiger partial charge is 0.507 e. The lowest BCUT2D eigenvalue weighted by Crippen LogP contribution is -2.35. The van der Waals surface area contributed by atoms with E-state index in [2.05, 4.69) is 11.0 Å². The molecule has 1 fully saturated rings.